The van der Waals surface area contributed by atoms with Crippen molar-refractivity contribution < 1.29 is 9.84 Å². The Bertz CT molecular complexity index is 315. The van der Waals surface area contributed by atoms with Crippen LogP contribution >= 0.6 is 0 Å². The molecule has 0 aliphatic heterocycles. The van der Waals surface area contributed by atoms with Crippen LogP contribution in [0.15, 0.2) is 0 Å². The lowest BCUT2D eigenvalue weighted by atomic mass is 10.3. The smallest absolute Gasteiger partial charge is 0.188 e. The van der Waals surface area contributed by atoms with Gasteiger partial charge in [0.1, 0.15) is 11.8 Å². The first-order valence-electron chi connectivity index (χ1n) is 3.75. The second-order valence-corrected chi connectivity index (χ2v) is 2.38. The van der Waals surface area contributed by atoms with E-state index in [1.54, 1.807) is 0 Å². The number of rotatable bonds is 4. The molecule has 0 spiro atoms. The Labute approximate surface area is 75.4 Å². The molecular formula is C7H10N4O2. The van der Waals surface area contributed by atoms with Crippen LogP contribution in [0, 0.1) is 11.3 Å². The van der Waals surface area contributed by atoms with Gasteiger partial charge < -0.3 is 9.84 Å². The van der Waals surface area contributed by atoms with E-state index in [2.05, 4.69) is 10.3 Å². The zero-order valence-corrected chi connectivity index (χ0v) is 7.27. The predicted molar refractivity (Wildman–Crippen MR) is 42.5 cm³/mol. The zero-order chi connectivity index (χ0) is 9.68. The van der Waals surface area contributed by atoms with Gasteiger partial charge in [0.15, 0.2) is 5.69 Å². The van der Waals surface area contributed by atoms with Crippen LogP contribution < -0.4 is 0 Å². The summed E-state index contributed by atoms with van der Waals surface area (Å²) >= 11 is 0. The van der Waals surface area contributed by atoms with Crippen molar-refractivity contribution in [1.29, 1.82) is 5.26 Å². The minimum atomic E-state index is -0.0368. The van der Waals surface area contributed by atoms with Crippen LogP contribution in [-0.4, -0.2) is 33.8 Å². The van der Waals surface area contributed by atoms with Gasteiger partial charge in [-0.1, -0.05) is 5.21 Å². The number of methoxy groups -OCH3 is 1. The maximum absolute atomic E-state index is 8.68. The van der Waals surface area contributed by atoms with E-state index in [-0.39, 0.29) is 18.9 Å². The molecule has 1 N–H and O–H groups in total. The number of hydrogen-bond donors (Lipinski definition) is 1. The molecule has 6 nitrogen and oxygen atoms in total. The van der Waals surface area contributed by atoms with E-state index in [0.717, 1.165) is 0 Å². The van der Waals surface area contributed by atoms with Crippen molar-refractivity contribution in [2.45, 2.75) is 13.2 Å². The summed E-state index contributed by atoms with van der Waals surface area (Å²) in [6, 6.07) is 1.90. The van der Waals surface area contributed by atoms with E-state index in [0.29, 0.717) is 12.2 Å². The highest BCUT2D eigenvalue weighted by Gasteiger charge is 2.10. The Morgan fingerprint density at radius 3 is 3.00 bits per heavy atom. The summed E-state index contributed by atoms with van der Waals surface area (Å²) in [5, 5.41) is 24.7. The molecule has 70 valence electrons. The summed E-state index contributed by atoms with van der Waals surface area (Å²) in [6.07, 6.45) is 0. The fraction of sp³-hybridized carbons (Fsp3) is 0.571. The molecule has 1 rings (SSSR count). The number of nitrogens with zero attached hydrogens (tertiary/aromatic N) is 4. The summed E-state index contributed by atoms with van der Waals surface area (Å²) in [5.41, 5.74) is 0.842. The minimum Gasteiger partial charge on any atom is -0.394 e. The summed E-state index contributed by atoms with van der Waals surface area (Å²) in [6.45, 7) is 0.564. The Balaban J connectivity index is 2.93. The number of hydrogen-bond acceptors (Lipinski definition) is 5. The van der Waals surface area contributed by atoms with E-state index in [1.807, 2.05) is 6.07 Å². The molecule has 6 heteroatoms. The fourth-order valence-electron chi connectivity index (χ4n) is 0.974. The molecule has 1 aromatic heterocycles. The van der Waals surface area contributed by atoms with Crippen molar-refractivity contribution in [2.24, 2.45) is 0 Å². The Kier molecular flexibility index (Phi) is 3.37. The van der Waals surface area contributed by atoms with Gasteiger partial charge in [0.05, 0.1) is 19.8 Å². The largest absolute Gasteiger partial charge is 0.394 e. The molecule has 0 amide bonds. The lowest BCUT2D eigenvalue weighted by molar-refractivity contribution is 0.173. The summed E-state index contributed by atoms with van der Waals surface area (Å²) in [4.78, 5) is 0. The standard InChI is InChI=1S/C7H10N4O2/c1-13-5-7-6(4-8)9-10-11(7)2-3-12/h12H,2-3,5H2,1H3. The SMILES string of the molecule is COCc1c(C#N)nnn1CCO. The van der Waals surface area contributed by atoms with Crippen molar-refractivity contribution in [3.63, 3.8) is 0 Å². The van der Waals surface area contributed by atoms with Crippen molar-refractivity contribution in [2.75, 3.05) is 13.7 Å². The van der Waals surface area contributed by atoms with E-state index in [4.69, 9.17) is 15.1 Å². The van der Waals surface area contributed by atoms with E-state index >= 15 is 0 Å². The van der Waals surface area contributed by atoms with Gasteiger partial charge in [0, 0.05) is 7.11 Å². The van der Waals surface area contributed by atoms with Crippen LogP contribution in [-0.2, 0) is 17.9 Å². The lowest BCUT2D eigenvalue weighted by Crippen LogP contribution is -2.09. The van der Waals surface area contributed by atoms with Gasteiger partial charge in [0.25, 0.3) is 0 Å². The Morgan fingerprint density at radius 1 is 1.69 bits per heavy atom. The van der Waals surface area contributed by atoms with Gasteiger partial charge >= 0.3 is 0 Å². The highest BCUT2D eigenvalue weighted by Crippen LogP contribution is 2.04. The molecule has 0 fully saturated rings. The number of aliphatic hydroxyl groups is 1. The summed E-state index contributed by atoms with van der Waals surface area (Å²) in [5.74, 6) is 0. The molecule has 1 aromatic rings. The quantitative estimate of drug-likeness (QED) is 0.664. The minimum absolute atomic E-state index is 0.0368. The maximum Gasteiger partial charge on any atom is 0.188 e. The average molecular weight is 182 g/mol. The Morgan fingerprint density at radius 2 is 2.46 bits per heavy atom. The molecule has 13 heavy (non-hydrogen) atoms. The molecule has 0 bridgehead atoms. The molecule has 1 heterocycles. The normalized spacial score (nSPS) is 9.92. The van der Waals surface area contributed by atoms with Crippen molar-refractivity contribution in [3.8, 4) is 6.07 Å². The monoisotopic (exact) mass is 182 g/mol. The first-order valence-corrected chi connectivity index (χ1v) is 3.75. The molecule has 0 saturated carbocycles. The highest BCUT2D eigenvalue weighted by atomic mass is 16.5. The summed E-state index contributed by atoms with van der Waals surface area (Å²) < 4.78 is 6.34. The van der Waals surface area contributed by atoms with Crippen molar-refractivity contribution in [3.05, 3.63) is 11.4 Å². The van der Waals surface area contributed by atoms with E-state index in [9.17, 15) is 0 Å². The second kappa shape index (κ2) is 4.54. The third-order valence-electron chi connectivity index (χ3n) is 1.54. The van der Waals surface area contributed by atoms with Crippen LogP contribution in [0.2, 0.25) is 0 Å². The van der Waals surface area contributed by atoms with Gasteiger partial charge in [-0.25, -0.2) is 4.68 Å². The maximum atomic E-state index is 8.68. The van der Waals surface area contributed by atoms with Gasteiger partial charge in [-0.05, 0) is 0 Å². The summed E-state index contributed by atoms with van der Waals surface area (Å²) in [7, 11) is 1.53. The van der Waals surface area contributed by atoms with Gasteiger partial charge in [-0.2, -0.15) is 5.26 Å². The Hall–Kier alpha value is -1.45. The van der Waals surface area contributed by atoms with E-state index in [1.165, 1.54) is 11.8 Å². The van der Waals surface area contributed by atoms with Crippen molar-refractivity contribution >= 4 is 0 Å². The molecular weight excluding hydrogens is 172 g/mol. The number of aromatic nitrogens is 3. The third kappa shape index (κ3) is 2.02. The molecule has 0 unspecified atom stereocenters. The van der Waals surface area contributed by atoms with Gasteiger partial charge in [-0.15, -0.1) is 5.10 Å². The van der Waals surface area contributed by atoms with Crippen LogP contribution in [0.5, 0.6) is 0 Å². The predicted octanol–water partition coefficient (Wildman–Crippen LogP) is -0.712. The first kappa shape index (κ1) is 9.64. The lowest BCUT2D eigenvalue weighted by Gasteiger charge is -2.02. The first-order chi connectivity index (χ1) is 6.33. The highest BCUT2D eigenvalue weighted by molar-refractivity contribution is 5.23. The fourth-order valence-corrected chi connectivity index (χ4v) is 0.974. The third-order valence-corrected chi connectivity index (χ3v) is 1.54. The van der Waals surface area contributed by atoms with Crippen LogP contribution in [0.4, 0.5) is 0 Å². The molecule has 0 atom stereocenters. The van der Waals surface area contributed by atoms with Gasteiger partial charge in [0.2, 0.25) is 0 Å². The molecule has 0 aliphatic rings. The van der Waals surface area contributed by atoms with Crippen LogP contribution in [0.3, 0.4) is 0 Å². The second-order valence-electron chi connectivity index (χ2n) is 2.38. The number of ether oxygens (including phenoxy) is 1. The topological polar surface area (TPSA) is 84.0 Å². The van der Waals surface area contributed by atoms with E-state index < -0.39 is 0 Å². The molecule has 0 aromatic carbocycles. The van der Waals surface area contributed by atoms with Crippen LogP contribution in [0.25, 0.3) is 0 Å². The van der Waals surface area contributed by atoms with Crippen molar-refractivity contribution in [1.82, 2.24) is 15.0 Å². The number of nitriles is 1. The molecule has 0 saturated heterocycles. The van der Waals surface area contributed by atoms with Gasteiger partial charge in [-0.3, -0.25) is 0 Å². The average Bonchev–Trinajstić information content (AvgIpc) is 2.50. The molecule has 0 aliphatic carbocycles. The number of aliphatic hydroxyl groups excluding tert-OH is 1. The molecule has 0 radical (unpaired) electrons. The van der Waals surface area contributed by atoms with Crippen LogP contribution in [0.1, 0.15) is 11.4 Å². The zero-order valence-electron chi connectivity index (χ0n) is 7.27.